The molecule has 0 unspecified atom stereocenters. The van der Waals surface area contributed by atoms with Crippen LogP contribution in [-0.2, 0) is 16.8 Å². The molecule has 1 N–H and O–H groups in total. The molecule has 0 aliphatic carbocycles. The van der Waals surface area contributed by atoms with Crippen molar-refractivity contribution >= 4 is 17.2 Å². The van der Waals surface area contributed by atoms with Gasteiger partial charge in [-0.2, -0.15) is 0 Å². The molecule has 0 aromatic carbocycles. The van der Waals surface area contributed by atoms with Crippen LogP contribution in [0.2, 0.25) is 0 Å². The highest BCUT2D eigenvalue weighted by Crippen LogP contribution is 2.52. The second-order valence-electron chi connectivity index (χ2n) is 5.33. The van der Waals surface area contributed by atoms with Crippen molar-refractivity contribution in [3.8, 4) is 0 Å². The quantitative estimate of drug-likeness (QED) is 0.751. The number of carbonyl (C=O) groups excluding carboxylic acids is 1. The van der Waals surface area contributed by atoms with Gasteiger partial charge in [-0.05, 0) is 36.4 Å². The Balaban J connectivity index is 1.92. The predicted molar refractivity (Wildman–Crippen MR) is 67.0 cm³/mol. The molecule has 3 aliphatic rings. The Morgan fingerprint density at radius 3 is 3.41 bits per heavy atom. The van der Waals surface area contributed by atoms with Crippen molar-refractivity contribution in [2.24, 2.45) is 5.92 Å². The summed E-state index contributed by atoms with van der Waals surface area (Å²) in [7, 11) is 0. The fourth-order valence-electron chi connectivity index (χ4n) is 4.03. The molecule has 0 bridgehead atoms. The molecule has 90 valence electrons. The number of amides is 1. The molecule has 1 spiro atoms. The molecule has 1 aromatic rings. The first kappa shape index (κ1) is 10.1. The van der Waals surface area contributed by atoms with E-state index in [1.165, 1.54) is 10.4 Å². The molecular weight excluding hydrogens is 232 g/mol. The molecule has 4 heterocycles. The van der Waals surface area contributed by atoms with Crippen LogP contribution in [0.5, 0.6) is 0 Å². The van der Waals surface area contributed by atoms with Crippen LogP contribution in [0, 0.1) is 5.92 Å². The predicted octanol–water partition coefficient (Wildman–Crippen LogP) is 1.34. The number of carbonyl (C=O) groups is 1. The second kappa shape index (κ2) is 3.33. The van der Waals surface area contributed by atoms with Crippen LogP contribution >= 0.6 is 11.3 Å². The van der Waals surface area contributed by atoms with Gasteiger partial charge < -0.3 is 10.2 Å². The molecule has 1 amide bonds. The van der Waals surface area contributed by atoms with E-state index in [2.05, 4.69) is 21.7 Å². The van der Waals surface area contributed by atoms with E-state index in [1.807, 2.05) is 11.3 Å². The highest BCUT2D eigenvalue weighted by Gasteiger charge is 2.56. The Labute approximate surface area is 105 Å². The summed E-state index contributed by atoms with van der Waals surface area (Å²) in [5.74, 6) is 0.855. The van der Waals surface area contributed by atoms with E-state index in [1.54, 1.807) is 0 Å². The Kier molecular flexibility index (Phi) is 1.97. The topological polar surface area (TPSA) is 32.3 Å². The monoisotopic (exact) mass is 248 g/mol. The third-order valence-electron chi connectivity index (χ3n) is 4.73. The molecule has 4 rings (SSSR count). The summed E-state index contributed by atoms with van der Waals surface area (Å²) in [5.41, 5.74) is 1.52. The minimum Gasteiger partial charge on any atom is -0.332 e. The normalized spacial score (nSPS) is 35.4. The Bertz CT molecular complexity index is 484. The third-order valence-corrected chi connectivity index (χ3v) is 5.71. The standard InChI is InChI=1S/C13H16N2OS/c16-12-7-9-8-14-4-3-13(9)10-2-6-17-11(10)1-5-15(12)13/h2,6,9,14H,1,3-5,7-8H2/t9-,13+/m0/s1. The van der Waals surface area contributed by atoms with Gasteiger partial charge in [0, 0.05) is 30.3 Å². The van der Waals surface area contributed by atoms with Gasteiger partial charge in [-0.3, -0.25) is 4.79 Å². The fraction of sp³-hybridized carbons (Fsp3) is 0.615. The van der Waals surface area contributed by atoms with E-state index in [0.717, 1.165) is 38.9 Å². The van der Waals surface area contributed by atoms with Crippen molar-refractivity contribution in [2.45, 2.75) is 24.8 Å². The van der Waals surface area contributed by atoms with Gasteiger partial charge in [-0.1, -0.05) is 0 Å². The molecule has 2 saturated heterocycles. The fourth-order valence-corrected chi connectivity index (χ4v) is 4.97. The summed E-state index contributed by atoms with van der Waals surface area (Å²) >= 11 is 1.87. The van der Waals surface area contributed by atoms with E-state index in [-0.39, 0.29) is 5.54 Å². The summed E-state index contributed by atoms with van der Waals surface area (Å²) in [6, 6.07) is 2.27. The van der Waals surface area contributed by atoms with Gasteiger partial charge in [0.05, 0.1) is 5.54 Å². The summed E-state index contributed by atoms with van der Waals surface area (Å²) in [5, 5.41) is 5.65. The number of nitrogens with one attached hydrogen (secondary N) is 1. The van der Waals surface area contributed by atoms with Gasteiger partial charge in [0.1, 0.15) is 0 Å². The maximum atomic E-state index is 12.2. The summed E-state index contributed by atoms with van der Waals surface area (Å²) in [4.78, 5) is 15.9. The number of nitrogens with zero attached hydrogens (tertiary/aromatic N) is 1. The van der Waals surface area contributed by atoms with Crippen molar-refractivity contribution in [1.82, 2.24) is 10.2 Å². The van der Waals surface area contributed by atoms with Gasteiger partial charge in [0.2, 0.25) is 5.91 Å². The SMILES string of the molecule is O=C1C[C@H]2CNCC[C@]23c2ccsc2CCN13. The minimum absolute atomic E-state index is 0.0515. The molecular formula is C13H16N2OS. The lowest BCUT2D eigenvalue weighted by Gasteiger charge is -2.48. The van der Waals surface area contributed by atoms with Gasteiger partial charge >= 0.3 is 0 Å². The first-order chi connectivity index (χ1) is 8.32. The molecule has 0 radical (unpaired) electrons. The number of hydrogen-bond donors (Lipinski definition) is 1. The Morgan fingerprint density at radius 2 is 2.47 bits per heavy atom. The second-order valence-corrected chi connectivity index (χ2v) is 6.33. The zero-order valence-corrected chi connectivity index (χ0v) is 10.6. The van der Waals surface area contributed by atoms with Crippen molar-refractivity contribution in [1.29, 1.82) is 0 Å². The highest BCUT2D eigenvalue weighted by molar-refractivity contribution is 7.10. The molecule has 1 aromatic heterocycles. The zero-order chi connectivity index (χ0) is 11.5. The molecule has 3 aliphatic heterocycles. The summed E-state index contributed by atoms with van der Waals surface area (Å²) in [6.45, 7) is 2.97. The maximum absolute atomic E-state index is 12.2. The van der Waals surface area contributed by atoms with Gasteiger partial charge in [0.15, 0.2) is 0 Å². The van der Waals surface area contributed by atoms with Gasteiger partial charge in [-0.15, -0.1) is 11.3 Å². The summed E-state index contributed by atoms with van der Waals surface area (Å²) in [6.07, 6.45) is 2.88. The lowest BCUT2D eigenvalue weighted by molar-refractivity contribution is -0.132. The highest BCUT2D eigenvalue weighted by atomic mass is 32.1. The summed E-state index contributed by atoms with van der Waals surface area (Å²) < 4.78 is 0. The molecule has 2 fully saturated rings. The molecule has 3 nitrogen and oxygen atoms in total. The third kappa shape index (κ3) is 1.13. The average molecular weight is 248 g/mol. The number of fused-ring (bicyclic) bond motifs is 1. The number of piperidine rings is 1. The smallest absolute Gasteiger partial charge is 0.223 e. The number of thiophene rings is 1. The number of hydrogen-bond acceptors (Lipinski definition) is 3. The van der Waals surface area contributed by atoms with Crippen molar-refractivity contribution in [3.63, 3.8) is 0 Å². The molecule has 4 heteroatoms. The first-order valence-electron chi connectivity index (χ1n) is 6.40. The van der Waals surface area contributed by atoms with Crippen LogP contribution in [0.25, 0.3) is 0 Å². The van der Waals surface area contributed by atoms with Crippen molar-refractivity contribution < 1.29 is 4.79 Å². The maximum Gasteiger partial charge on any atom is 0.223 e. The zero-order valence-electron chi connectivity index (χ0n) is 9.74. The lowest BCUT2D eigenvalue weighted by atomic mass is 9.72. The molecule has 2 atom stereocenters. The van der Waals surface area contributed by atoms with Gasteiger partial charge in [0.25, 0.3) is 0 Å². The van der Waals surface area contributed by atoms with Crippen molar-refractivity contribution in [2.75, 3.05) is 19.6 Å². The van der Waals surface area contributed by atoms with Crippen molar-refractivity contribution in [3.05, 3.63) is 21.9 Å². The van der Waals surface area contributed by atoms with Crippen LogP contribution in [0.4, 0.5) is 0 Å². The van der Waals surface area contributed by atoms with Crippen LogP contribution in [0.1, 0.15) is 23.3 Å². The van der Waals surface area contributed by atoms with Gasteiger partial charge in [-0.25, -0.2) is 0 Å². The van der Waals surface area contributed by atoms with Crippen LogP contribution in [0.15, 0.2) is 11.4 Å². The van der Waals surface area contributed by atoms with E-state index in [4.69, 9.17) is 0 Å². The van der Waals surface area contributed by atoms with E-state index in [0.29, 0.717) is 11.8 Å². The lowest BCUT2D eigenvalue weighted by Crippen LogP contribution is -2.56. The largest absolute Gasteiger partial charge is 0.332 e. The van der Waals surface area contributed by atoms with E-state index >= 15 is 0 Å². The minimum atomic E-state index is 0.0515. The molecule has 0 saturated carbocycles. The van der Waals surface area contributed by atoms with E-state index < -0.39 is 0 Å². The van der Waals surface area contributed by atoms with Crippen LogP contribution < -0.4 is 5.32 Å². The van der Waals surface area contributed by atoms with Crippen LogP contribution in [-0.4, -0.2) is 30.4 Å². The Hall–Kier alpha value is -0.870. The Morgan fingerprint density at radius 1 is 1.53 bits per heavy atom. The first-order valence-corrected chi connectivity index (χ1v) is 7.28. The van der Waals surface area contributed by atoms with E-state index in [9.17, 15) is 4.79 Å². The average Bonchev–Trinajstić information content (AvgIpc) is 2.90. The molecule has 17 heavy (non-hydrogen) atoms. The number of rotatable bonds is 0. The van der Waals surface area contributed by atoms with Crippen LogP contribution in [0.3, 0.4) is 0 Å².